The molecule has 0 radical (unpaired) electrons. The van der Waals surface area contributed by atoms with Crippen molar-refractivity contribution in [2.24, 2.45) is 11.7 Å². The second kappa shape index (κ2) is 4.70. The Morgan fingerprint density at radius 1 is 1.47 bits per heavy atom. The molecule has 0 spiro atoms. The average molecular weight is 207 g/mol. The number of rotatable bonds is 2. The zero-order chi connectivity index (χ0) is 10.7. The lowest BCUT2D eigenvalue weighted by Crippen LogP contribution is -2.44. The molecule has 0 aliphatic carbocycles. The van der Waals surface area contributed by atoms with Crippen molar-refractivity contribution < 1.29 is 5.11 Å². The molecule has 0 bridgehead atoms. The molecule has 4 nitrogen and oxygen atoms in total. The second-order valence-corrected chi connectivity index (χ2v) is 4.03. The molecule has 4 N–H and O–H groups in total. The predicted octanol–water partition coefficient (Wildman–Crippen LogP) is 0.0518. The van der Waals surface area contributed by atoms with Gasteiger partial charge in [-0.1, -0.05) is 0 Å². The van der Waals surface area contributed by atoms with Crippen LogP contribution in [0.25, 0.3) is 0 Å². The zero-order valence-electron chi connectivity index (χ0n) is 8.63. The Morgan fingerprint density at radius 2 is 2.20 bits per heavy atom. The lowest BCUT2D eigenvalue weighted by molar-refractivity contribution is 0.0673. The smallest absolute Gasteiger partial charge is 0.0711 e. The van der Waals surface area contributed by atoms with Gasteiger partial charge in [0.1, 0.15) is 0 Å². The zero-order valence-corrected chi connectivity index (χ0v) is 8.63. The highest BCUT2D eigenvalue weighted by molar-refractivity contribution is 5.16. The molecule has 1 saturated heterocycles. The van der Waals surface area contributed by atoms with Crippen molar-refractivity contribution in [3.63, 3.8) is 0 Å². The standard InChI is InChI=1S/C11H17N3O/c12-11(8-1-4-13-5-2-8)9-3-6-14-7-10(9)15/h1-2,4-5,9-11,14-15H,3,6-7,12H2. The van der Waals surface area contributed by atoms with Gasteiger partial charge in [-0.2, -0.15) is 0 Å². The fourth-order valence-corrected chi connectivity index (χ4v) is 2.11. The van der Waals surface area contributed by atoms with Gasteiger partial charge in [0, 0.05) is 30.9 Å². The van der Waals surface area contributed by atoms with Crippen molar-refractivity contribution in [3.8, 4) is 0 Å². The number of aromatic nitrogens is 1. The van der Waals surface area contributed by atoms with E-state index in [2.05, 4.69) is 10.3 Å². The quantitative estimate of drug-likeness (QED) is 0.641. The van der Waals surface area contributed by atoms with Crippen LogP contribution in [0.3, 0.4) is 0 Å². The fourth-order valence-electron chi connectivity index (χ4n) is 2.11. The summed E-state index contributed by atoms with van der Waals surface area (Å²) >= 11 is 0. The molecule has 3 atom stereocenters. The van der Waals surface area contributed by atoms with E-state index in [0.717, 1.165) is 18.5 Å². The average Bonchev–Trinajstić information content (AvgIpc) is 2.30. The van der Waals surface area contributed by atoms with Crippen molar-refractivity contribution in [3.05, 3.63) is 30.1 Å². The topological polar surface area (TPSA) is 71.2 Å². The van der Waals surface area contributed by atoms with Crippen LogP contribution in [0, 0.1) is 5.92 Å². The van der Waals surface area contributed by atoms with Gasteiger partial charge in [-0.15, -0.1) is 0 Å². The van der Waals surface area contributed by atoms with Crippen LogP contribution in [0.4, 0.5) is 0 Å². The highest BCUT2D eigenvalue weighted by Gasteiger charge is 2.28. The summed E-state index contributed by atoms with van der Waals surface area (Å²) in [6, 6.07) is 3.74. The molecule has 0 amide bonds. The fraction of sp³-hybridized carbons (Fsp3) is 0.545. The van der Waals surface area contributed by atoms with E-state index in [1.165, 1.54) is 0 Å². The first kappa shape index (κ1) is 10.5. The van der Waals surface area contributed by atoms with Gasteiger partial charge in [-0.05, 0) is 30.7 Å². The maximum absolute atomic E-state index is 9.84. The summed E-state index contributed by atoms with van der Waals surface area (Å²) in [4.78, 5) is 3.96. The number of aliphatic hydroxyl groups excluding tert-OH is 1. The monoisotopic (exact) mass is 207 g/mol. The Kier molecular flexibility index (Phi) is 3.30. The van der Waals surface area contributed by atoms with E-state index >= 15 is 0 Å². The molecule has 1 aromatic heterocycles. The lowest BCUT2D eigenvalue weighted by Gasteiger charge is -2.32. The van der Waals surface area contributed by atoms with E-state index in [4.69, 9.17) is 5.73 Å². The van der Waals surface area contributed by atoms with Crippen LogP contribution in [0.2, 0.25) is 0 Å². The second-order valence-electron chi connectivity index (χ2n) is 4.03. The van der Waals surface area contributed by atoms with Gasteiger partial charge in [0.2, 0.25) is 0 Å². The van der Waals surface area contributed by atoms with Gasteiger partial charge in [0.25, 0.3) is 0 Å². The Balaban J connectivity index is 2.09. The number of hydrogen-bond donors (Lipinski definition) is 3. The molecule has 1 aliphatic rings. The molecular weight excluding hydrogens is 190 g/mol. The summed E-state index contributed by atoms with van der Waals surface area (Å²) in [6.45, 7) is 1.57. The summed E-state index contributed by atoms with van der Waals surface area (Å²) in [5.41, 5.74) is 7.20. The van der Waals surface area contributed by atoms with Gasteiger partial charge in [-0.3, -0.25) is 4.98 Å². The van der Waals surface area contributed by atoms with Crippen LogP contribution in [-0.4, -0.2) is 29.3 Å². The van der Waals surface area contributed by atoms with E-state index in [1.807, 2.05) is 12.1 Å². The first-order valence-electron chi connectivity index (χ1n) is 5.33. The number of nitrogens with one attached hydrogen (secondary N) is 1. The minimum atomic E-state index is -0.345. The van der Waals surface area contributed by atoms with E-state index in [0.29, 0.717) is 6.54 Å². The minimum Gasteiger partial charge on any atom is -0.391 e. The van der Waals surface area contributed by atoms with Gasteiger partial charge in [-0.25, -0.2) is 0 Å². The summed E-state index contributed by atoms with van der Waals surface area (Å²) < 4.78 is 0. The highest BCUT2D eigenvalue weighted by Crippen LogP contribution is 2.26. The van der Waals surface area contributed by atoms with Crippen molar-refractivity contribution in [1.82, 2.24) is 10.3 Å². The van der Waals surface area contributed by atoms with E-state index in [9.17, 15) is 5.11 Å². The molecule has 1 aromatic rings. The Labute approximate surface area is 89.5 Å². The molecule has 2 rings (SSSR count). The van der Waals surface area contributed by atoms with Crippen LogP contribution >= 0.6 is 0 Å². The molecule has 0 saturated carbocycles. The molecule has 4 heteroatoms. The van der Waals surface area contributed by atoms with E-state index in [-0.39, 0.29) is 18.1 Å². The number of β-amino-alcohol motifs (C(OH)–C–C–N with tert-alkyl or cyclic N) is 1. The summed E-state index contributed by atoms with van der Waals surface area (Å²) in [5.74, 6) is 0.147. The van der Waals surface area contributed by atoms with Crippen LogP contribution in [0.1, 0.15) is 18.0 Å². The summed E-state index contributed by atoms with van der Waals surface area (Å²) in [7, 11) is 0. The molecule has 1 aliphatic heterocycles. The number of hydrogen-bond acceptors (Lipinski definition) is 4. The van der Waals surface area contributed by atoms with Crippen molar-refractivity contribution in [2.45, 2.75) is 18.6 Å². The van der Waals surface area contributed by atoms with Crippen molar-refractivity contribution in [1.29, 1.82) is 0 Å². The number of nitrogens with two attached hydrogens (primary N) is 1. The first-order chi connectivity index (χ1) is 7.29. The Morgan fingerprint density at radius 3 is 2.87 bits per heavy atom. The van der Waals surface area contributed by atoms with Gasteiger partial charge in [0.15, 0.2) is 0 Å². The normalized spacial score (nSPS) is 28.7. The Bertz CT molecular complexity index is 304. The van der Waals surface area contributed by atoms with Gasteiger partial charge < -0.3 is 16.2 Å². The number of aliphatic hydroxyl groups is 1. The van der Waals surface area contributed by atoms with E-state index in [1.54, 1.807) is 12.4 Å². The molecule has 82 valence electrons. The maximum atomic E-state index is 9.84. The van der Waals surface area contributed by atoms with Crippen molar-refractivity contribution in [2.75, 3.05) is 13.1 Å². The molecule has 15 heavy (non-hydrogen) atoms. The lowest BCUT2D eigenvalue weighted by atomic mass is 9.85. The number of piperidine rings is 1. The van der Waals surface area contributed by atoms with Gasteiger partial charge >= 0.3 is 0 Å². The van der Waals surface area contributed by atoms with Crippen LogP contribution in [0.5, 0.6) is 0 Å². The van der Waals surface area contributed by atoms with Crippen LogP contribution in [0.15, 0.2) is 24.5 Å². The summed E-state index contributed by atoms with van der Waals surface area (Å²) in [5, 5.41) is 13.0. The van der Waals surface area contributed by atoms with Crippen molar-refractivity contribution >= 4 is 0 Å². The SMILES string of the molecule is NC(c1ccncc1)C1CCNCC1O. The third-order valence-corrected chi connectivity index (χ3v) is 3.05. The van der Waals surface area contributed by atoms with Crippen LogP contribution in [-0.2, 0) is 0 Å². The molecule has 0 aromatic carbocycles. The molecule has 1 fully saturated rings. The molecule has 3 unspecified atom stereocenters. The molecular formula is C11H17N3O. The summed E-state index contributed by atoms with van der Waals surface area (Å²) in [6.07, 6.45) is 4.05. The van der Waals surface area contributed by atoms with Gasteiger partial charge in [0.05, 0.1) is 6.10 Å². The maximum Gasteiger partial charge on any atom is 0.0711 e. The van der Waals surface area contributed by atoms with E-state index < -0.39 is 0 Å². The largest absolute Gasteiger partial charge is 0.391 e. The number of nitrogens with zero attached hydrogens (tertiary/aromatic N) is 1. The van der Waals surface area contributed by atoms with Crippen LogP contribution < -0.4 is 11.1 Å². The molecule has 2 heterocycles. The first-order valence-corrected chi connectivity index (χ1v) is 5.33. The predicted molar refractivity (Wildman–Crippen MR) is 58.1 cm³/mol. The number of pyridine rings is 1. The third kappa shape index (κ3) is 2.34. The minimum absolute atomic E-state index is 0.0925. The Hall–Kier alpha value is -0.970. The third-order valence-electron chi connectivity index (χ3n) is 3.05. The highest BCUT2D eigenvalue weighted by atomic mass is 16.3.